The van der Waals surface area contributed by atoms with Crippen LogP contribution in [0.2, 0.25) is 0 Å². The van der Waals surface area contributed by atoms with Crippen LogP contribution in [0.1, 0.15) is 28.8 Å². The molecule has 0 unspecified atom stereocenters. The zero-order valence-corrected chi connectivity index (χ0v) is 20.4. The zero-order valence-electron chi connectivity index (χ0n) is 19.6. The lowest BCUT2D eigenvalue weighted by Crippen LogP contribution is -2.35. The second-order valence-electron chi connectivity index (χ2n) is 8.91. The van der Waals surface area contributed by atoms with E-state index in [2.05, 4.69) is 42.7 Å². The fourth-order valence-corrected chi connectivity index (χ4v) is 6.34. The number of hydrogen-bond donors (Lipinski definition) is 0. The van der Waals surface area contributed by atoms with Crippen molar-refractivity contribution in [3.8, 4) is 0 Å². The number of para-hydroxylation sites is 1. The Morgan fingerprint density at radius 1 is 0.943 bits per heavy atom. The number of rotatable bonds is 5. The maximum Gasteiger partial charge on any atom is 0.246 e. The van der Waals surface area contributed by atoms with Gasteiger partial charge in [0.1, 0.15) is 16.5 Å². The predicted octanol–water partition coefficient (Wildman–Crippen LogP) is 6.06. The van der Waals surface area contributed by atoms with E-state index in [-0.39, 0.29) is 13.1 Å². The minimum absolute atomic E-state index is 0.130. The van der Waals surface area contributed by atoms with Crippen molar-refractivity contribution in [3.05, 3.63) is 107 Å². The van der Waals surface area contributed by atoms with Crippen LogP contribution in [0.5, 0.6) is 0 Å². The van der Waals surface area contributed by atoms with Crippen LogP contribution in [0, 0.1) is 25.5 Å². The summed E-state index contributed by atoms with van der Waals surface area (Å²) >= 11 is 0. The average molecular weight is 493 g/mol. The van der Waals surface area contributed by atoms with Crippen molar-refractivity contribution in [1.82, 2.24) is 8.87 Å². The Morgan fingerprint density at radius 3 is 2.40 bits per heavy atom. The molecule has 0 radical (unpaired) electrons. The molecule has 0 N–H and O–H groups in total. The van der Waals surface area contributed by atoms with Crippen LogP contribution in [-0.4, -0.2) is 30.4 Å². The van der Waals surface area contributed by atoms with Gasteiger partial charge in [0.05, 0.1) is 0 Å². The van der Waals surface area contributed by atoms with E-state index < -0.39 is 26.6 Å². The van der Waals surface area contributed by atoms with Gasteiger partial charge in [0, 0.05) is 47.9 Å². The average Bonchev–Trinajstić information content (AvgIpc) is 3.11. The highest BCUT2D eigenvalue weighted by Crippen LogP contribution is 2.36. The van der Waals surface area contributed by atoms with Gasteiger partial charge in [-0.05, 0) is 55.2 Å². The number of hydrogen-bond acceptors (Lipinski definition) is 2. The molecule has 7 heteroatoms. The summed E-state index contributed by atoms with van der Waals surface area (Å²) in [4.78, 5) is -0.498. The Kier molecular flexibility index (Phi) is 6.07. The van der Waals surface area contributed by atoms with Crippen molar-refractivity contribution in [1.29, 1.82) is 0 Å². The molecule has 1 aliphatic rings. The molecule has 4 nitrogen and oxygen atoms in total. The van der Waals surface area contributed by atoms with Gasteiger partial charge in [0.15, 0.2) is 0 Å². The number of benzene rings is 3. The first-order valence-corrected chi connectivity index (χ1v) is 13.0. The fraction of sp³-hybridized carbons (Fsp3) is 0.214. The Balaban J connectivity index is 1.50. The molecule has 0 saturated heterocycles. The van der Waals surface area contributed by atoms with Gasteiger partial charge in [-0.3, -0.25) is 0 Å². The van der Waals surface area contributed by atoms with Crippen LogP contribution in [0.3, 0.4) is 0 Å². The highest BCUT2D eigenvalue weighted by Gasteiger charge is 2.30. The Hall–Kier alpha value is -3.29. The molecule has 0 bridgehead atoms. The van der Waals surface area contributed by atoms with E-state index in [0.717, 1.165) is 46.4 Å². The maximum absolute atomic E-state index is 14.2. The Bertz CT molecular complexity index is 1570. The maximum atomic E-state index is 14.2. The minimum Gasteiger partial charge on any atom is -0.340 e. The van der Waals surface area contributed by atoms with Crippen LogP contribution >= 0.6 is 0 Å². The summed E-state index contributed by atoms with van der Waals surface area (Å²) < 4.78 is 57.1. The third-order valence-corrected chi connectivity index (χ3v) is 8.72. The molecule has 1 aliphatic heterocycles. The predicted molar refractivity (Wildman–Crippen MR) is 135 cm³/mol. The molecule has 3 aromatic carbocycles. The Labute approximate surface area is 204 Å². The molecular formula is C28H26F2N2O2S. The molecule has 0 aliphatic carbocycles. The van der Waals surface area contributed by atoms with Crippen LogP contribution in [0.4, 0.5) is 8.78 Å². The first-order chi connectivity index (χ1) is 16.8. The molecule has 35 heavy (non-hydrogen) atoms. The standard InChI is InChI=1S/C28H26F2N2O2S/c1-19-7-3-4-8-22(19)18-32-20(2)28(24-9-5-6-10-26(24)32)21-13-15-31(16-14-21)35(33,34)27-12-11-23(29)17-25(27)30/h3-13,17H,14-16,18H2,1-2H3. The van der Waals surface area contributed by atoms with E-state index in [9.17, 15) is 17.2 Å². The zero-order chi connectivity index (χ0) is 24.7. The van der Waals surface area contributed by atoms with Gasteiger partial charge in [-0.15, -0.1) is 0 Å². The lowest BCUT2D eigenvalue weighted by atomic mass is 9.97. The van der Waals surface area contributed by atoms with Crippen LogP contribution in [0.15, 0.2) is 77.7 Å². The van der Waals surface area contributed by atoms with Gasteiger partial charge in [0.25, 0.3) is 0 Å². The second-order valence-corrected chi connectivity index (χ2v) is 10.8. The van der Waals surface area contributed by atoms with Gasteiger partial charge >= 0.3 is 0 Å². The molecule has 1 aromatic heterocycles. The summed E-state index contributed by atoms with van der Waals surface area (Å²) in [6.45, 7) is 5.31. The number of aryl methyl sites for hydroxylation is 1. The van der Waals surface area contributed by atoms with Gasteiger partial charge < -0.3 is 4.57 Å². The number of fused-ring (bicyclic) bond motifs is 1. The molecule has 2 heterocycles. The molecule has 0 atom stereocenters. The normalized spacial score (nSPS) is 14.9. The van der Waals surface area contributed by atoms with Crippen LogP contribution < -0.4 is 0 Å². The first kappa shape index (κ1) is 23.5. The van der Waals surface area contributed by atoms with Gasteiger partial charge in [-0.2, -0.15) is 4.31 Å². The van der Waals surface area contributed by atoms with E-state index in [1.807, 2.05) is 30.3 Å². The number of nitrogens with zero attached hydrogens (tertiary/aromatic N) is 2. The Morgan fingerprint density at radius 2 is 1.69 bits per heavy atom. The number of sulfonamides is 1. The van der Waals surface area contributed by atoms with Crippen molar-refractivity contribution in [2.75, 3.05) is 13.1 Å². The van der Waals surface area contributed by atoms with E-state index in [1.54, 1.807) is 0 Å². The molecule has 0 saturated carbocycles. The summed E-state index contributed by atoms with van der Waals surface area (Å²) in [7, 11) is -4.07. The molecule has 0 spiro atoms. The number of halogens is 2. The summed E-state index contributed by atoms with van der Waals surface area (Å²) in [5.74, 6) is -1.88. The summed E-state index contributed by atoms with van der Waals surface area (Å²) in [5, 5.41) is 1.13. The summed E-state index contributed by atoms with van der Waals surface area (Å²) in [6, 6.07) is 19.1. The molecule has 5 rings (SSSR count). The van der Waals surface area contributed by atoms with Crippen molar-refractivity contribution in [2.45, 2.75) is 31.7 Å². The van der Waals surface area contributed by atoms with Crippen molar-refractivity contribution in [2.24, 2.45) is 0 Å². The lowest BCUT2D eigenvalue weighted by Gasteiger charge is -2.26. The molecule has 180 valence electrons. The van der Waals surface area contributed by atoms with E-state index in [1.165, 1.54) is 15.4 Å². The van der Waals surface area contributed by atoms with Crippen molar-refractivity contribution < 1.29 is 17.2 Å². The summed E-state index contributed by atoms with van der Waals surface area (Å²) in [6.07, 6.45) is 2.41. The lowest BCUT2D eigenvalue weighted by molar-refractivity contribution is 0.435. The van der Waals surface area contributed by atoms with E-state index >= 15 is 0 Å². The van der Waals surface area contributed by atoms with Crippen LogP contribution in [-0.2, 0) is 16.6 Å². The topological polar surface area (TPSA) is 42.3 Å². The third kappa shape index (κ3) is 4.19. The monoisotopic (exact) mass is 492 g/mol. The first-order valence-electron chi connectivity index (χ1n) is 11.5. The van der Waals surface area contributed by atoms with E-state index in [4.69, 9.17) is 0 Å². The number of aromatic nitrogens is 1. The van der Waals surface area contributed by atoms with Crippen LogP contribution in [0.25, 0.3) is 16.5 Å². The van der Waals surface area contributed by atoms with Crippen molar-refractivity contribution in [3.63, 3.8) is 0 Å². The SMILES string of the molecule is Cc1ccccc1Cn1c(C)c(C2=CCN(S(=O)(=O)c3ccc(F)cc3F)CC2)c2ccccc21. The quantitative estimate of drug-likeness (QED) is 0.340. The largest absolute Gasteiger partial charge is 0.340 e. The molecular weight excluding hydrogens is 466 g/mol. The molecule has 4 aromatic rings. The third-order valence-electron chi connectivity index (χ3n) is 6.83. The van der Waals surface area contributed by atoms with Gasteiger partial charge in [-0.25, -0.2) is 17.2 Å². The molecule has 0 fully saturated rings. The summed E-state index contributed by atoms with van der Waals surface area (Å²) in [5.41, 5.74) is 6.94. The van der Waals surface area contributed by atoms with Gasteiger partial charge in [-0.1, -0.05) is 48.5 Å². The minimum atomic E-state index is -4.07. The second kappa shape index (κ2) is 9.06. The fourth-order valence-electron chi connectivity index (χ4n) is 4.92. The van der Waals surface area contributed by atoms with E-state index in [0.29, 0.717) is 12.5 Å². The van der Waals surface area contributed by atoms with Crippen molar-refractivity contribution >= 4 is 26.5 Å². The highest BCUT2D eigenvalue weighted by molar-refractivity contribution is 7.89. The smallest absolute Gasteiger partial charge is 0.246 e. The molecule has 0 amide bonds. The van der Waals surface area contributed by atoms with Gasteiger partial charge in [0.2, 0.25) is 10.0 Å². The highest BCUT2D eigenvalue weighted by atomic mass is 32.2.